The van der Waals surface area contributed by atoms with Gasteiger partial charge in [-0.2, -0.15) is 9.61 Å². The summed E-state index contributed by atoms with van der Waals surface area (Å²) in [5.41, 5.74) is 0.810. The molecule has 150 valence electrons. The van der Waals surface area contributed by atoms with Crippen LogP contribution < -0.4 is 9.47 Å². The molecule has 3 heterocycles. The highest BCUT2D eigenvalue weighted by atomic mass is 32.2. The first-order chi connectivity index (χ1) is 13.4. The van der Waals surface area contributed by atoms with Gasteiger partial charge in [0.25, 0.3) is 0 Å². The molecule has 1 fully saturated rings. The number of hydrogen-bond donors (Lipinski definition) is 0. The Kier molecular flexibility index (Phi) is 4.98. The molecule has 1 aromatic carbocycles. The predicted octanol–water partition coefficient (Wildman–Crippen LogP) is 2.01. The van der Waals surface area contributed by atoms with Crippen LogP contribution in [0, 0.1) is 0 Å². The highest BCUT2D eigenvalue weighted by Crippen LogP contribution is 2.40. The van der Waals surface area contributed by atoms with Crippen molar-refractivity contribution in [2.75, 3.05) is 33.6 Å². The Morgan fingerprint density at radius 3 is 2.75 bits per heavy atom. The van der Waals surface area contributed by atoms with Crippen molar-refractivity contribution in [1.82, 2.24) is 24.1 Å². The number of piperidine rings is 1. The number of nitrogens with zero attached hydrogens (tertiary/aromatic N) is 5. The monoisotopic (exact) mass is 423 g/mol. The van der Waals surface area contributed by atoms with Crippen LogP contribution in [-0.4, -0.2) is 66.1 Å². The van der Waals surface area contributed by atoms with Gasteiger partial charge in [-0.25, -0.2) is 12.7 Å². The van der Waals surface area contributed by atoms with Crippen molar-refractivity contribution >= 4 is 26.3 Å². The summed E-state index contributed by atoms with van der Waals surface area (Å²) in [6.45, 7) is 0.940. The number of hydrogen-bond acceptors (Lipinski definition) is 8. The lowest BCUT2D eigenvalue weighted by molar-refractivity contribution is 0.309. The van der Waals surface area contributed by atoms with Crippen molar-refractivity contribution in [2.24, 2.45) is 0 Å². The molecule has 0 aliphatic carbocycles. The summed E-state index contributed by atoms with van der Waals surface area (Å²) in [7, 11) is -0.0457. The Morgan fingerprint density at radius 2 is 2.04 bits per heavy atom. The molecule has 9 nitrogen and oxygen atoms in total. The molecule has 11 heteroatoms. The molecule has 0 bridgehead atoms. The van der Waals surface area contributed by atoms with E-state index >= 15 is 0 Å². The van der Waals surface area contributed by atoms with Gasteiger partial charge in [0.1, 0.15) is 0 Å². The number of methoxy groups -OCH3 is 2. The second-order valence-electron chi connectivity index (χ2n) is 6.66. The maximum Gasteiger partial charge on any atom is 0.234 e. The second kappa shape index (κ2) is 7.30. The van der Waals surface area contributed by atoms with E-state index in [-0.39, 0.29) is 5.92 Å². The van der Waals surface area contributed by atoms with Gasteiger partial charge >= 0.3 is 0 Å². The number of sulfonamides is 1. The Labute approximate surface area is 167 Å². The first-order valence-electron chi connectivity index (χ1n) is 8.81. The van der Waals surface area contributed by atoms with E-state index in [1.807, 2.05) is 18.2 Å². The number of para-hydroxylation sites is 1. The molecule has 3 aromatic rings. The van der Waals surface area contributed by atoms with Gasteiger partial charge in [0, 0.05) is 19.0 Å². The van der Waals surface area contributed by atoms with Crippen LogP contribution in [0.15, 0.2) is 18.2 Å². The minimum atomic E-state index is -3.23. The fourth-order valence-electron chi connectivity index (χ4n) is 3.51. The largest absolute Gasteiger partial charge is 0.493 e. The molecule has 1 saturated heterocycles. The van der Waals surface area contributed by atoms with Crippen LogP contribution in [-0.2, 0) is 10.0 Å². The zero-order chi connectivity index (χ0) is 19.9. The highest BCUT2D eigenvalue weighted by Gasteiger charge is 2.30. The molecule has 1 unspecified atom stereocenters. The predicted molar refractivity (Wildman–Crippen MR) is 106 cm³/mol. The Morgan fingerprint density at radius 1 is 1.21 bits per heavy atom. The van der Waals surface area contributed by atoms with E-state index in [0.717, 1.165) is 23.4 Å². The summed E-state index contributed by atoms with van der Waals surface area (Å²) in [4.78, 5) is 0.659. The van der Waals surface area contributed by atoms with Gasteiger partial charge in [-0.1, -0.05) is 17.4 Å². The second-order valence-corrected chi connectivity index (χ2v) is 9.60. The van der Waals surface area contributed by atoms with E-state index in [9.17, 15) is 8.42 Å². The summed E-state index contributed by atoms with van der Waals surface area (Å²) >= 11 is 1.40. The maximum atomic E-state index is 11.9. The van der Waals surface area contributed by atoms with Crippen LogP contribution in [0.2, 0.25) is 0 Å². The molecular weight excluding hydrogens is 402 g/mol. The lowest BCUT2D eigenvalue weighted by atomic mass is 9.99. The zero-order valence-corrected chi connectivity index (χ0v) is 17.5. The van der Waals surface area contributed by atoms with Crippen LogP contribution in [0.1, 0.15) is 24.6 Å². The number of fused-ring (bicyclic) bond motifs is 1. The lowest BCUT2D eigenvalue weighted by Gasteiger charge is -2.29. The topological polar surface area (TPSA) is 98.9 Å². The van der Waals surface area contributed by atoms with Crippen molar-refractivity contribution < 1.29 is 17.9 Å². The smallest absolute Gasteiger partial charge is 0.234 e. The summed E-state index contributed by atoms with van der Waals surface area (Å²) < 4.78 is 38.0. The van der Waals surface area contributed by atoms with Crippen molar-refractivity contribution in [3.63, 3.8) is 0 Å². The Hall–Kier alpha value is -2.24. The van der Waals surface area contributed by atoms with Crippen LogP contribution in [0.4, 0.5) is 0 Å². The van der Waals surface area contributed by atoms with E-state index in [0.29, 0.717) is 35.4 Å². The average molecular weight is 424 g/mol. The maximum absolute atomic E-state index is 11.9. The van der Waals surface area contributed by atoms with Crippen LogP contribution >= 0.6 is 11.3 Å². The van der Waals surface area contributed by atoms with E-state index in [1.54, 1.807) is 18.7 Å². The normalized spacial score (nSPS) is 18.5. The molecule has 1 aliphatic rings. The minimum absolute atomic E-state index is 0.0411. The standard InChI is InChI=1S/C17H21N5O4S2/c1-25-13-8-4-7-12(14(13)26-2)16-20-22-15(18-19-17(22)27-16)11-6-5-9-21(10-11)28(3,23)24/h4,7-8,11H,5-6,9-10H2,1-3H3. The lowest BCUT2D eigenvalue weighted by Crippen LogP contribution is -2.38. The molecule has 28 heavy (non-hydrogen) atoms. The fourth-order valence-corrected chi connectivity index (χ4v) is 5.29. The third-order valence-corrected chi connectivity index (χ3v) is 7.07. The van der Waals surface area contributed by atoms with E-state index in [2.05, 4.69) is 10.2 Å². The highest BCUT2D eigenvalue weighted by molar-refractivity contribution is 7.88. The number of aromatic nitrogens is 4. The molecule has 2 aromatic heterocycles. The summed E-state index contributed by atoms with van der Waals surface area (Å²) in [5.74, 6) is 1.88. The quantitative estimate of drug-likeness (QED) is 0.619. The van der Waals surface area contributed by atoms with Crippen molar-refractivity contribution in [3.8, 4) is 22.1 Å². The third kappa shape index (κ3) is 3.33. The number of ether oxygens (including phenoxy) is 2. The summed E-state index contributed by atoms with van der Waals surface area (Å²) in [6.07, 6.45) is 2.88. The van der Waals surface area contributed by atoms with Gasteiger partial charge in [-0.05, 0) is 25.0 Å². The molecular formula is C17H21N5O4S2. The van der Waals surface area contributed by atoms with E-state index < -0.39 is 10.0 Å². The fraction of sp³-hybridized carbons (Fsp3) is 0.471. The average Bonchev–Trinajstić information content (AvgIpc) is 3.27. The van der Waals surface area contributed by atoms with Crippen molar-refractivity contribution in [1.29, 1.82) is 0 Å². The van der Waals surface area contributed by atoms with E-state index in [1.165, 1.54) is 21.9 Å². The van der Waals surface area contributed by atoms with Crippen LogP contribution in [0.5, 0.6) is 11.5 Å². The van der Waals surface area contributed by atoms with E-state index in [4.69, 9.17) is 14.6 Å². The molecule has 0 amide bonds. The summed E-state index contributed by atoms with van der Waals surface area (Å²) in [6, 6.07) is 5.62. The molecule has 0 spiro atoms. The van der Waals surface area contributed by atoms with Gasteiger partial charge in [-0.15, -0.1) is 10.2 Å². The number of benzene rings is 1. The molecule has 0 radical (unpaired) electrons. The first kappa shape index (κ1) is 19.1. The molecule has 0 N–H and O–H groups in total. The molecule has 4 rings (SSSR count). The van der Waals surface area contributed by atoms with Crippen molar-refractivity contribution in [3.05, 3.63) is 24.0 Å². The Bertz CT molecular complexity index is 1110. The SMILES string of the molecule is COc1cccc(-c2nn3c(C4CCCN(S(C)(=O)=O)C4)nnc3s2)c1OC. The first-order valence-corrected chi connectivity index (χ1v) is 11.5. The van der Waals surface area contributed by atoms with Crippen LogP contribution in [0.3, 0.4) is 0 Å². The van der Waals surface area contributed by atoms with Gasteiger partial charge in [0.15, 0.2) is 22.3 Å². The van der Waals surface area contributed by atoms with Crippen molar-refractivity contribution in [2.45, 2.75) is 18.8 Å². The molecule has 1 aliphatic heterocycles. The molecule has 1 atom stereocenters. The minimum Gasteiger partial charge on any atom is -0.493 e. The van der Waals surface area contributed by atoms with Gasteiger partial charge in [-0.3, -0.25) is 0 Å². The molecule has 0 saturated carbocycles. The van der Waals surface area contributed by atoms with Gasteiger partial charge < -0.3 is 9.47 Å². The Balaban J connectivity index is 1.72. The van der Waals surface area contributed by atoms with Gasteiger partial charge in [0.2, 0.25) is 15.0 Å². The third-order valence-electron chi connectivity index (χ3n) is 4.87. The summed E-state index contributed by atoms with van der Waals surface area (Å²) in [5, 5.41) is 14.0. The van der Waals surface area contributed by atoms with Gasteiger partial charge in [0.05, 0.1) is 26.0 Å². The number of rotatable bonds is 5. The zero-order valence-electron chi connectivity index (χ0n) is 15.8. The van der Waals surface area contributed by atoms with Crippen LogP contribution in [0.25, 0.3) is 15.5 Å².